The minimum absolute atomic E-state index is 0.178. The van der Waals surface area contributed by atoms with Crippen LogP contribution in [0.2, 0.25) is 0 Å². The number of aromatic nitrogens is 2. The van der Waals surface area contributed by atoms with E-state index in [9.17, 15) is 4.79 Å². The highest BCUT2D eigenvalue weighted by Crippen LogP contribution is 2.24. The van der Waals surface area contributed by atoms with Crippen LogP contribution >= 0.6 is 0 Å². The van der Waals surface area contributed by atoms with E-state index in [1.807, 2.05) is 42.1 Å². The van der Waals surface area contributed by atoms with Crippen LogP contribution in [0.5, 0.6) is 0 Å². The average Bonchev–Trinajstić information content (AvgIpc) is 3.26. The summed E-state index contributed by atoms with van der Waals surface area (Å²) < 4.78 is 7.73. The molecule has 0 saturated carbocycles. The molecule has 25 heavy (non-hydrogen) atoms. The molecule has 4 rings (SSSR count). The average molecular weight is 338 g/mol. The zero-order valence-electron chi connectivity index (χ0n) is 14.3. The molecule has 1 amide bonds. The lowest BCUT2D eigenvalue weighted by molar-refractivity contribution is 0.0942. The van der Waals surface area contributed by atoms with Gasteiger partial charge in [0.15, 0.2) is 0 Å². The highest BCUT2D eigenvalue weighted by molar-refractivity contribution is 5.92. The largest absolute Gasteiger partial charge is 0.459 e. The summed E-state index contributed by atoms with van der Waals surface area (Å²) in [6, 6.07) is 10.00. The van der Waals surface area contributed by atoms with Crippen molar-refractivity contribution >= 4 is 16.9 Å². The molecule has 1 aromatic carbocycles. The van der Waals surface area contributed by atoms with Crippen LogP contribution in [0.3, 0.4) is 0 Å². The van der Waals surface area contributed by atoms with Crippen molar-refractivity contribution in [3.63, 3.8) is 0 Å². The Balaban J connectivity index is 1.43. The van der Waals surface area contributed by atoms with E-state index in [1.54, 1.807) is 6.07 Å². The molecule has 0 spiro atoms. The monoisotopic (exact) mass is 338 g/mol. The molecule has 0 radical (unpaired) electrons. The van der Waals surface area contributed by atoms with E-state index in [1.165, 1.54) is 0 Å². The van der Waals surface area contributed by atoms with Gasteiger partial charge in [-0.2, -0.15) is 5.10 Å². The molecule has 6 heteroatoms. The van der Waals surface area contributed by atoms with Gasteiger partial charge < -0.3 is 15.1 Å². The molecule has 1 unspecified atom stereocenters. The Hall–Kier alpha value is -2.60. The number of rotatable bonds is 4. The molecule has 1 saturated heterocycles. The highest BCUT2D eigenvalue weighted by Gasteiger charge is 2.18. The van der Waals surface area contributed by atoms with Gasteiger partial charge in [0.2, 0.25) is 0 Å². The Kier molecular flexibility index (Phi) is 4.28. The van der Waals surface area contributed by atoms with Gasteiger partial charge in [-0.3, -0.25) is 9.48 Å². The van der Waals surface area contributed by atoms with Gasteiger partial charge in [-0.25, -0.2) is 0 Å². The second-order valence-corrected chi connectivity index (χ2v) is 6.51. The molecule has 6 nitrogen and oxygen atoms in total. The number of fused-ring (bicyclic) bond motifs is 1. The lowest BCUT2D eigenvalue weighted by Gasteiger charge is -2.22. The van der Waals surface area contributed by atoms with E-state index in [4.69, 9.17) is 4.42 Å². The lowest BCUT2D eigenvalue weighted by atomic mass is 10.1. The summed E-state index contributed by atoms with van der Waals surface area (Å²) in [5, 5.41) is 11.8. The first-order chi connectivity index (χ1) is 12.2. The molecule has 0 aliphatic carbocycles. The SMILES string of the molecule is Cc1c(CNC(=O)c2ccn(C3CCCNC3)n2)oc2ccccc12. The second kappa shape index (κ2) is 6.72. The fourth-order valence-electron chi connectivity index (χ4n) is 3.37. The van der Waals surface area contributed by atoms with Gasteiger partial charge in [-0.15, -0.1) is 0 Å². The summed E-state index contributed by atoms with van der Waals surface area (Å²) in [7, 11) is 0. The Morgan fingerprint density at radius 3 is 3.08 bits per heavy atom. The Labute approximate surface area is 146 Å². The summed E-state index contributed by atoms with van der Waals surface area (Å²) in [6.07, 6.45) is 4.12. The maximum atomic E-state index is 12.4. The smallest absolute Gasteiger partial charge is 0.272 e. The number of hydrogen-bond acceptors (Lipinski definition) is 4. The van der Waals surface area contributed by atoms with Gasteiger partial charge in [-0.05, 0) is 38.4 Å². The number of aryl methyl sites for hydroxylation is 1. The number of carbonyl (C=O) groups is 1. The third kappa shape index (κ3) is 3.17. The van der Waals surface area contributed by atoms with Gasteiger partial charge in [0.1, 0.15) is 17.0 Å². The van der Waals surface area contributed by atoms with Gasteiger partial charge in [0, 0.05) is 23.7 Å². The van der Waals surface area contributed by atoms with Gasteiger partial charge in [0.05, 0.1) is 12.6 Å². The molecular formula is C19H22N4O2. The van der Waals surface area contributed by atoms with Crippen LogP contribution < -0.4 is 10.6 Å². The van der Waals surface area contributed by atoms with E-state index in [2.05, 4.69) is 15.7 Å². The normalized spacial score (nSPS) is 17.7. The number of para-hydroxylation sites is 1. The fourth-order valence-corrected chi connectivity index (χ4v) is 3.37. The predicted molar refractivity (Wildman–Crippen MR) is 95.5 cm³/mol. The summed E-state index contributed by atoms with van der Waals surface area (Å²) in [6.45, 7) is 4.33. The molecule has 1 fully saturated rings. The van der Waals surface area contributed by atoms with Crippen molar-refractivity contribution in [2.75, 3.05) is 13.1 Å². The van der Waals surface area contributed by atoms with Gasteiger partial charge in [-0.1, -0.05) is 18.2 Å². The summed E-state index contributed by atoms with van der Waals surface area (Å²) in [5.41, 5.74) is 2.35. The van der Waals surface area contributed by atoms with Crippen LogP contribution in [0.15, 0.2) is 40.9 Å². The molecule has 3 aromatic rings. The zero-order valence-corrected chi connectivity index (χ0v) is 14.3. The number of amides is 1. The van der Waals surface area contributed by atoms with Crippen molar-refractivity contribution < 1.29 is 9.21 Å². The van der Waals surface area contributed by atoms with E-state index < -0.39 is 0 Å². The summed E-state index contributed by atoms with van der Waals surface area (Å²) >= 11 is 0. The van der Waals surface area contributed by atoms with Crippen molar-refractivity contribution in [3.05, 3.63) is 53.5 Å². The molecule has 0 bridgehead atoms. The van der Waals surface area contributed by atoms with Crippen molar-refractivity contribution in [3.8, 4) is 0 Å². The maximum Gasteiger partial charge on any atom is 0.272 e. The first kappa shape index (κ1) is 15.9. The van der Waals surface area contributed by atoms with Crippen molar-refractivity contribution in [1.29, 1.82) is 0 Å². The van der Waals surface area contributed by atoms with E-state index in [0.29, 0.717) is 18.3 Å². The number of furan rings is 1. The zero-order chi connectivity index (χ0) is 17.2. The highest BCUT2D eigenvalue weighted by atomic mass is 16.3. The number of carbonyl (C=O) groups excluding carboxylic acids is 1. The number of hydrogen-bond donors (Lipinski definition) is 2. The molecule has 1 atom stereocenters. The standard InChI is InChI=1S/C19H22N4O2/c1-13-15-6-2-3-7-17(15)25-18(13)12-21-19(24)16-8-10-23(22-16)14-5-4-9-20-11-14/h2-3,6-8,10,14,20H,4-5,9,11-12H2,1H3,(H,21,24). The molecular weight excluding hydrogens is 316 g/mol. The van der Waals surface area contributed by atoms with Gasteiger partial charge >= 0.3 is 0 Å². The number of piperidine rings is 1. The Bertz CT molecular complexity index is 890. The number of nitrogens with one attached hydrogen (secondary N) is 2. The molecule has 2 N–H and O–H groups in total. The van der Waals surface area contributed by atoms with Crippen LogP contribution in [0, 0.1) is 6.92 Å². The van der Waals surface area contributed by atoms with Crippen LogP contribution in [0.25, 0.3) is 11.0 Å². The minimum atomic E-state index is -0.178. The molecule has 1 aliphatic heterocycles. The van der Waals surface area contributed by atoms with Crippen molar-refractivity contribution in [1.82, 2.24) is 20.4 Å². The molecule has 1 aliphatic rings. The predicted octanol–water partition coefficient (Wildman–Crippen LogP) is 2.79. The maximum absolute atomic E-state index is 12.4. The number of benzene rings is 1. The quantitative estimate of drug-likeness (QED) is 0.767. The van der Waals surface area contributed by atoms with E-state index in [0.717, 1.165) is 48.2 Å². The second-order valence-electron chi connectivity index (χ2n) is 6.51. The third-order valence-electron chi connectivity index (χ3n) is 4.84. The summed E-state index contributed by atoms with van der Waals surface area (Å²) in [5.74, 6) is 0.604. The molecule has 2 aromatic heterocycles. The van der Waals surface area contributed by atoms with Crippen LogP contribution in [-0.4, -0.2) is 28.8 Å². The van der Waals surface area contributed by atoms with E-state index in [-0.39, 0.29) is 5.91 Å². The van der Waals surface area contributed by atoms with Crippen molar-refractivity contribution in [2.45, 2.75) is 32.4 Å². The first-order valence-electron chi connectivity index (χ1n) is 8.73. The van der Waals surface area contributed by atoms with Crippen LogP contribution in [0.4, 0.5) is 0 Å². The Morgan fingerprint density at radius 1 is 1.40 bits per heavy atom. The first-order valence-corrected chi connectivity index (χ1v) is 8.73. The third-order valence-corrected chi connectivity index (χ3v) is 4.84. The number of nitrogens with zero attached hydrogens (tertiary/aromatic N) is 2. The topological polar surface area (TPSA) is 72.1 Å². The molecule has 3 heterocycles. The summed E-state index contributed by atoms with van der Waals surface area (Å²) in [4.78, 5) is 12.4. The van der Waals surface area contributed by atoms with Crippen LogP contribution in [0.1, 0.15) is 40.7 Å². The minimum Gasteiger partial charge on any atom is -0.459 e. The fraction of sp³-hybridized carbons (Fsp3) is 0.368. The lowest BCUT2D eigenvalue weighted by Crippen LogP contribution is -2.32. The Morgan fingerprint density at radius 2 is 2.28 bits per heavy atom. The van der Waals surface area contributed by atoms with E-state index >= 15 is 0 Å². The molecule has 130 valence electrons. The van der Waals surface area contributed by atoms with Gasteiger partial charge in [0.25, 0.3) is 5.91 Å². The van der Waals surface area contributed by atoms with Crippen LogP contribution in [-0.2, 0) is 6.54 Å². The van der Waals surface area contributed by atoms with Crippen molar-refractivity contribution in [2.24, 2.45) is 0 Å².